The number of rotatable bonds is 4. The Kier molecular flexibility index (Phi) is 3.79. The summed E-state index contributed by atoms with van der Waals surface area (Å²) in [5.41, 5.74) is 3.11. The van der Waals surface area contributed by atoms with Crippen LogP contribution in [0.3, 0.4) is 0 Å². The number of benzene rings is 1. The maximum Gasteiger partial charge on any atom is 0.0351 e. The normalized spacial score (nSPS) is 33.7. The Bertz CT molecular complexity index is 461. The highest BCUT2D eigenvalue weighted by Gasteiger charge is 2.55. The second-order valence-electron chi connectivity index (χ2n) is 7.60. The van der Waals surface area contributed by atoms with Gasteiger partial charge in [0.15, 0.2) is 0 Å². The Hall–Kier alpha value is -0.820. The maximum atomic E-state index is 3.61. The molecule has 1 nitrogen and oxygen atoms in total. The van der Waals surface area contributed by atoms with E-state index in [1.165, 1.54) is 56.9 Å². The van der Waals surface area contributed by atoms with Gasteiger partial charge in [-0.1, -0.05) is 49.9 Å². The minimum atomic E-state index is 0.598. The Morgan fingerprint density at radius 3 is 2.14 bits per heavy atom. The van der Waals surface area contributed by atoms with E-state index in [0.29, 0.717) is 6.04 Å². The molecule has 0 spiro atoms. The molecule has 21 heavy (non-hydrogen) atoms. The lowest BCUT2D eigenvalue weighted by molar-refractivity contribution is 0.439. The van der Waals surface area contributed by atoms with E-state index in [-0.39, 0.29) is 0 Å². The molecule has 114 valence electrons. The fourth-order valence-corrected chi connectivity index (χ4v) is 5.36. The van der Waals surface area contributed by atoms with Gasteiger partial charge in [0.2, 0.25) is 0 Å². The predicted octanol–water partition coefficient (Wildman–Crippen LogP) is 5.04. The molecule has 0 heterocycles. The molecule has 1 aromatic rings. The average Bonchev–Trinajstić information content (AvgIpc) is 3.01. The standard InChI is InChI=1S/C20H29N/c1-21-20(19-17-8-5-9-18(17)19)16-12-10-15(11-13-16)14-6-3-2-4-7-14/h10-14,17-21H,2-9H2,1H3. The molecule has 3 atom stereocenters. The molecule has 1 heteroatoms. The molecule has 0 radical (unpaired) electrons. The van der Waals surface area contributed by atoms with Crippen molar-refractivity contribution in [1.82, 2.24) is 5.32 Å². The highest BCUT2D eigenvalue weighted by atomic mass is 14.9. The highest BCUT2D eigenvalue weighted by Crippen LogP contribution is 2.62. The zero-order valence-electron chi connectivity index (χ0n) is 13.4. The first-order valence-corrected chi connectivity index (χ1v) is 9.15. The van der Waals surface area contributed by atoms with Gasteiger partial charge in [-0.2, -0.15) is 0 Å². The first-order chi connectivity index (χ1) is 10.4. The predicted molar refractivity (Wildman–Crippen MR) is 88.4 cm³/mol. The molecule has 3 fully saturated rings. The largest absolute Gasteiger partial charge is 0.313 e. The van der Waals surface area contributed by atoms with E-state index in [9.17, 15) is 0 Å². The third-order valence-corrected chi connectivity index (χ3v) is 6.54. The lowest BCUT2D eigenvalue weighted by Crippen LogP contribution is -2.20. The smallest absolute Gasteiger partial charge is 0.0351 e. The van der Waals surface area contributed by atoms with Crippen LogP contribution >= 0.6 is 0 Å². The summed E-state index contributed by atoms with van der Waals surface area (Å²) >= 11 is 0. The Balaban J connectivity index is 1.47. The van der Waals surface area contributed by atoms with E-state index in [1.54, 1.807) is 5.56 Å². The highest BCUT2D eigenvalue weighted by molar-refractivity contribution is 5.30. The van der Waals surface area contributed by atoms with Crippen molar-refractivity contribution in [1.29, 1.82) is 0 Å². The van der Waals surface area contributed by atoms with Gasteiger partial charge in [-0.3, -0.25) is 0 Å². The van der Waals surface area contributed by atoms with Crippen LogP contribution in [0.15, 0.2) is 24.3 Å². The summed E-state index contributed by atoms with van der Waals surface area (Å²) < 4.78 is 0. The van der Waals surface area contributed by atoms with Crippen LogP contribution in [-0.2, 0) is 0 Å². The number of hydrogen-bond acceptors (Lipinski definition) is 1. The molecule has 3 saturated carbocycles. The molecule has 0 saturated heterocycles. The molecule has 1 N–H and O–H groups in total. The summed E-state index contributed by atoms with van der Waals surface area (Å²) in [6.45, 7) is 0. The van der Waals surface area contributed by atoms with Gasteiger partial charge < -0.3 is 5.32 Å². The van der Waals surface area contributed by atoms with Crippen molar-refractivity contribution in [3.63, 3.8) is 0 Å². The molecule has 0 bridgehead atoms. The van der Waals surface area contributed by atoms with Crippen molar-refractivity contribution in [3.05, 3.63) is 35.4 Å². The zero-order chi connectivity index (χ0) is 14.2. The lowest BCUT2D eigenvalue weighted by atomic mass is 9.83. The van der Waals surface area contributed by atoms with E-state index >= 15 is 0 Å². The van der Waals surface area contributed by atoms with Crippen molar-refractivity contribution in [2.75, 3.05) is 7.05 Å². The Labute approximate surface area is 129 Å². The SMILES string of the molecule is CNC(c1ccc(C2CCCCC2)cc1)C1C2CCCC21. The van der Waals surface area contributed by atoms with Gasteiger partial charge in [0.05, 0.1) is 0 Å². The van der Waals surface area contributed by atoms with E-state index in [1.807, 2.05) is 0 Å². The molecular weight excluding hydrogens is 254 g/mol. The Morgan fingerprint density at radius 1 is 0.857 bits per heavy atom. The van der Waals surface area contributed by atoms with Crippen LogP contribution in [0.4, 0.5) is 0 Å². The maximum absolute atomic E-state index is 3.61. The summed E-state index contributed by atoms with van der Waals surface area (Å²) in [6, 6.07) is 10.3. The number of fused-ring (bicyclic) bond motifs is 1. The van der Waals surface area contributed by atoms with Gasteiger partial charge in [0.25, 0.3) is 0 Å². The van der Waals surface area contributed by atoms with Crippen LogP contribution in [0.1, 0.15) is 74.5 Å². The van der Waals surface area contributed by atoms with Crippen molar-refractivity contribution in [2.24, 2.45) is 17.8 Å². The van der Waals surface area contributed by atoms with Crippen molar-refractivity contribution < 1.29 is 0 Å². The molecule has 3 unspecified atom stereocenters. The van der Waals surface area contributed by atoms with Gasteiger partial charge in [0, 0.05) is 6.04 Å². The van der Waals surface area contributed by atoms with Gasteiger partial charge >= 0.3 is 0 Å². The minimum Gasteiger partial charge on any atom is -0.313 e. The molecular formula is C20H29N. The monoisotopic (exact) mass is 283 g/mol. The fraction of sp³-hybridized carbons (Fsp3) is 0.700. The topological polar surface area (TPSA) is 12.0 Å². The molecule has 3 aliphatic carbocycles. The second-order valence-corrected chi connectivity index (χ2v) is 7.60. The summed E-state index contributed by atoms with van der Waals surface area (Å²) in [6.07, 6.45) is 11.5. The third-order valence-electron chi connectivity index (χ3n) is 6.54. The summed E-state index contributed by atoms with van der Waals surface area (Å²) in [4.78, 5) is 0. The molecule has 4 rings (SSSR count). The van der Waals surface area contributed by atoms with E-state index in [0.717, 1.165) is 23.7 Å². The van der Waals surface area contributed by atoms with Gasteiger partial charge in [0.1, 0.15) is 0 Å². The Morgan fingerprint density at radius 2 is 1.52 bits per heavy atom. The number of hydrogen-bond donors (Lipinski definition) is 1. The lowest BCUT2D eigenvalue weighted by Gasteiger charge is -2.23. The summed E-state index contributed by atoms with van der Waals surface area (Å²) in [5.74, 6) is 3.81. The van der Waals surface area contributed by atoms with E-state index in [2.05, 4.69) is 36.6 Å². The van der Waals surface area contributed by atoms with Crippen molar-refractivity contribution in [2.45, 2.75) is 63.3 Å². The second kappa shape index (κ2) is 5.76. The van der Waals surface area contributed by atoms with Crippen LogP contribution in [0.25, 0.3) is 0 Å². The molecule has 1 aromatic carbocycles. The first-order valence-electron chi connectivity index (χ1n) is 9.15. The molecule has 0 aromatic heterocycles. The van der Waals surface area contributed by atoms with Crippen LogP contribution in [-0.4, -0.2) is 7.05 Å². The molecule has 0 aliphatic heterocycles. The van der Waals surface area contributed by atoms with Gasteiger partial charge in [-0.25, -0.2) is 0 Å². The summed E-state index contributed by atoms with van der Waals surface area (Å²) in [7, 11) is 2.15. The molecule has 3 aliphatic rings. The van der Waals surface area contributed by atoms with Crippen LogP contribution in [0, 0.1) is 17.8 Å². The third kappa shape index (κ3) is 2.54. The van der Waals surface area contributed by atoms with Crippen LogP contribution in [0.2, 0.25) is 0 Å². The van der Waals surface area contributed by atoms with E-state index in [4.69, 9.17) is 0 Å². The number of nitrogens with one attached hydrogen (secondary N) is 1. The average molecular weight is 283 g/mol. The summed E-state index contributed by atoms with van der Waals surface area (Å²) in [5, 5.41) is 3.61. The quantitative estimate of drug-likeness (QED) is 0.816. The van der Waals surface area contributed by atoms with Crippen LogP contribution < -0.4 is 5.32 Å². The van der Waals surface area contributed by atoms with Crippen molar-refractivity contribution >= 4 is 0 Å². The zero-order valence-corrected chi connectivity index (χ0v) is 13.4. The first kappa shape index (κ1) is 13.8. The van der Waals surface area contributed by atoms with Gasteiger partial charge in [-0.15, -0.1) is 0 Å². The van der Waals surface area contributed by atoms with Gasteiger partial charge in [-0.05, 0) is 67.5 Å². The minimum absolute atomic E-state index is 0.598. The fourth-order valence-electron chi connectivity index (χ4n) is 5.36. The van der Waals surface area contributed by atoms with Crippen LogP contribution in [0.5, 0.6) is 0 Å². The van der Waals surface area contributed by atoms with Crippen molar-refractivity contribution in [3.8, 4) is 0 Å². The van der Waals surface area contributed by atoms with E-state index < -0.39 is 0 Å². The molecule has 0 amide bonds.